The fraction of sp³-hybridized carbons (Fsp3) is 0.400. The summed E-state index contributed by atoms with van der Waals surface area (Å²) < 4.78 is 5.27. The van der Waals surface area contributed by atoms with Gasteiger partial charge in [-0.05, 0) is 57.6 Å². The predicted octanol–water partition coefficient (Wildman–Crippen LogP) is 4.91. The van der Waals surface area contributed by atoms with Gasteiger partial charge in [0, 0.05) is 12.1 Å². The summed E-state index contributed by atoms with van der Waals surface area (Å²) in [7, 11) is 0. The normalized spacial score (nSPS) is 16.6. The summed E-state index contributed by atoms with van der Waals surface area (Å²) in [5.74, 6) is 0.681. The number of benzene rings is 1. The Bertz CT molecular complexity index is 1290. The number of nitrogens with zero attached hydrogens (tertiary/aromatic N) is 4. The molecule has 1 saturated heterocycles. The summed E-state index contributed by atoms with van der Waals surface area (Å²) >= 11 is 7.49. The number of fused-ring (bicyclic) bond motifs is 1. The molecule has 0 bridgehead atoms. The lowest BCUT2D eigenvalue weighted by molar-refractivity contribution is -0.144. The fourth-order valence-electron chi connectivity index (χ4n) is 4.64. The summed E-state index contributed by atoms with van der Waals surface area (Å²) in [6, 6.07) is 5.10. The van der Waals surface area contributed by atoms with Gasteiger partial charge in [0.2, 0.25) is 5.95 Å². The van der Waals surface area contributed by atoms with E-state index in [1.807, 2.05) is 30.9 Å². The first-order valence-electron chi connectivity index (χ1n) is 12.1. The van der Waals surface area contributed by atoms with E-state index >= 15 is 0 Å². The van der Waals surface area contributed by atoms with Crippen LogP contribution in [0.2, 0.25) is 5.02 Å². The highest BCUT2D eigenvalue weighted by atomic mass is 35.5. The molecule has 3 aromatic rings. The molecular formula is C25H27ClN6O3S. The van der Waals surface area contributed by atoms with Crippen LogP contribution in [0.1, 0.15) is 52.7 Å². The van der Waals surface area contributed by atoms with Crippen molar-refractivity contribution in [2.24, 2.45) is 0 Å². The van der Waals surface area contributed by atoms with E-state index in [1.54, 1.807) is 6.07 Å². The molecule has 1 atom stereocenters. The minimum absolute atomic E-state index is 0.238. The monoisotopic (exact) mass is 526 g/mol. The molecule has 0 spiro atoms. The number of anilines is 4. The first-order chi connectivity index (χ1) is 17.4. The number of hydrogen-bond acceptors (Lipinski definition) is 9. The van der Waals surface area contributed by atoms with Crippen molar-refractivity contribution in [1.82, 2.24) is 15.0 Å². The van der Waals surface area contributed by atoms with E-state index in [0.717, 1.165) is 48.9 Å². The van der Waals surface area contributed by atoms with Crippen LogP contribution in [0.4, 0.5) is 22.6 Å². The Hall–Kier alpha value is -3.24. The standard InChI is InChI=1S/C25H27ClN6O3S/c1-3-35-23(34)18-11-6-12-32(18)24-28-17-10-5-8-15(17)21(30-24)31-25-27-13-19(36-25)22(33)29-20-14(2)7-4-9-16(20)26/h4,7,9,13,18H,3,5-6,8,10-12H2,1-2H3,(H,29,33)(H,27,28,30,31). The summed E-state index contributed by atoms with van der Waals surface area (Å²) in [6.07, 6.45) is 5.85. The number of hydrogen-bond donors (Lipinski definition) is 2. The van der Waals surface area contributed by atoms with Crippen LogP contribution in [0.5, 0.6) is 0 Å². The van der Waals surface area contributed by atoms with Crippen LogP contribution in [0.25, 0.3) is 0 Å². The molecule has 188 valence electrons. The zero-order valence-corrected chi connectivity index (χ0v) is 21.7. The lowest BCUT2D eigenvalue weighted by Crippen LogP contribution is -2.38. The number of esters is 1. The van der Waals surface area contributed by atoms with Gasteiger partial charge >= 0.3 is 5.97 Å². The van der Waals surface area contributed by atoms with Crippen molar-refractivity contribution in [3.63, 3.8) is 0 Å². The van der Waals surface area contributed by atoms with Gasteiger partial charge in [-0.25, -0.2) is 14.8 Å². The maximum Gasteiger partial charge on any atom is 0.328 e. The number of halogens is 1. The second-order valence-electron chi connectivity index (χ2n) is 8.80. The van der Waals surface area contributed by atoms with Gasteiger partial charge < -0.3 is 20.3 Å². The van der Waals surface area contributed by atoms with Gasteiger partial charge in [-0.2, -0.15) is 4.98 Å². The lowest BCUT2D eigenvalue weighted by Gasteiger charge is -2.24. The van der Waals surface area contributed by atoms with E-state index in [-0.39, 0.29) is 17.9 Å². The Kier molecular flexibility index (Phi) is 7.06. The molecule has 0 saturated carbocycles. The van der Waals surface area contributed by atoms with Crippen molar-refractivity contribution < 1.29 is 14.3 Å². The number of carbonyl (C=O) groups is 2. The molecule has 1 fully saturated rings. The molecule has 5 rings (SSSR count). The zero-order valence-electron chi connectivity index (χ0n) is 20.1. The van der Waals surface area contributed by atoms with E-state index < -0.39 is 0 Å². The topological polar surface area (TPSA) is 109 Å². The third kappa shape index (κ3) is 4.87. The fourth-order valence-corrected chi connectivity index (χ4v) is 5.62. The molecular weight excluding hydrogens is 500 g/mol. The van der Waals surface area contributed by atoms with Crippen LogP contribution in [-0.2, 0) is 22.4 Å². The SMILES string of the molecule is CCOC(=O)C1CCCN1c1nc2c(c(Nc3ncc(C(=O)Nc4c(C)cccc4Cl)s3)n1)CCC2. The average molecular weight is 527 g/mol. The van der Waals surface area contributed by atoms with Gasteiger partial charge in [-0.1, -0.05) is 35.1 Å². The second-order valence-corrected chi connectivity index (χ2v) is 10.2. The molecule has 2 aromatic heterocycles. The molecule has 2 N–H and O–H groups in total. The van der Waals surface area contributed by atoms with Crippen molar-refractivity contribution in [2.45, 2.75) is 52.0 Å². The van der Waals surface area contributed by atoms with Gasteiger partial charge in [0.25, 0.3) is 5.91 Å². The van der Waals surface area contributed by atoms with Crippen molar-refractivity contribution in [2.75, 3.05) is 28.7 Å². The van der Waals surface area contributed by atoms with Gasteiger partial charge in [-0.15, -0.1) is 0 Å². The van der Waals surface area contributed by atoms with E-state index in [1.165, 1.54) is 17.5 Å². The number of nitrogens with one attached hydrogen (secondary N) is 2. The van der Waals surface area contributed by atoms with Crippen LogP contribution < -0.4 is 15.5 Å². The lowest BCUT2D eigenvalue weighted by atomic mass is 10.2. The number of aromatic nitrogens is 3. The first kappa shape index (κ1) is 24.5. The van der Waals surface area contributed by atoms with Gasteiger partial charge in [0.1, 0.15) is 16.7 Å². The van der Waals surface area contributed by atoms with E-state index in [2.05, 4.69) is 15.6 Å². The van der Waals surface area contributed by atoms with Crippen molar-refractivity contribution in [3.8, 4) is 0 Å². The predicted molar refractivity (Wildman–Crippen MR) is 141 cm³/mol. The molecule has 1 unspecified atom stereocenters. The van der Waals surface area contributed by atoms with Gasteiger partial charge in [0.15, 0.2) is 5.13 Å². The minimum atomic E-state index is -0.374. The van der Waals surface area contributed by atoms with Crippen LogP contribution >= 0.6 is 22.9 Å². The molecule has 11 heteroatoms. The molecule has 2 aliphatic rings. The molecule has 1 aromatic carbocycles. The Morgan fingerprint density at radius 3 is 2.92 bits per heavy atom. The van der Waals surface area contributed by atoms with E-state index in [0.29, 0.717) is 45.6 Å². The molecule has 3 heterocycles. The number of aryl methyl sites for hydroxylation is 2. The highest BCUT2D eigenvalue weighted by Crippen LogP contribution is 2.34. The average Bonchev–Trinajstić information content (AvgIpc) is 3.62. The van der Waals surface area contributed by atoms with E-state index in [9.17, 15) is 9.59 Å². The van der Waals surface area contributed by atoms with Crippen LogP contribution in [0.3, 0.4) is 0 Å². The number of ether oxygens (including phenoxy) is 1. The van der Waals surface area contributed by atoms with Gasteiger partial charge in [0.05, 0.1) is 29.2 Å². The van der Waals surface area contributed by atoms with Crippen molar-refractivity contribution >= 4 is 57.4 Å². The molecule has 1 aliphatic heterocycles. The van der Waals surface area contributed by atoms with E-state index in [4.69, 9.17) is 26.3 Å². The maximum absolute atomic E-state index is 12.8. The third-order valence-corrected chi connectivity index (χ3v) is 7.63. The van der Waals surface area contributed by atoms with Crippen LogP contribution in [-0.4, -0.2) is 46.0 Å². The molecule has 36 heavy (non-hydrogen) atoms. The highest BCUT2D eigenvalue weighted by Gasteiger charge is 2.35. The second kappa shape index (κ2) is 10.4. The Morgan fingerprint density at radius 2 is 2.11 bits per heavy atom. The minimum Gasteiger partial charge on any atom is -0.464 e. The number of thiazole rings is 1. The Labute approximate surface area is 218 Å². The molecule has 1 amide bonds. The van der Waals surface area contributed by atoms with Crippen molar-refractivity contribution in [3.05, 3.63) is 51.1 Å². The van der Waals surface area contributed by atoms with Crippen LogP contribution in [0, 0.1) is 6.92 Å². The molecule has 1 aliphatic carbocycles. The summed E-state index contributed by atoms with van der Waals surface area (Å²) in [6.45, 7) is 4.74. The quantitative estimate of drug-likeness (QED) is 0.418. The highest BCUT2D eigenvalue weighted by molar-refractivity contribution is 7.17. The first-order valence-corrected chi connectivity index (χ1v) is 13.3. The molecule has 0 radical (unpaired) electrons. The molecule has 9 nitrogen and oxygen atoms in total. The third-order valence-electron chi connectivity index (χ3n) is 6.40. The number of amides is 1. The number of carbonyl (C=O) groups excluding carboxylic acids is 2. The maximum atomic E-state index is 12.8. The summed E-state index contributed by atoms with van der Waals surface area (Å²) in [5.41, 5.74) is 3.51. The van der Waals surface area contributed by atoms with Crippen molar-refractivity contribution in [1.29, 1.82) is 0 Å². The smallest absolute Gasteiger partial charge is 0.328 e. The number of rotatable bonds is 7. The summed E-state index contributed by atoms with van der Waals surface area (Å²) in [4.78, 5) is 41.7. The van der Waals surface area contributed by atoms with Crippen LogP contribution in [0.15, 0.2) is 24.4 Å². The van der Waals surface area contributed by atoms with Gasteiger partial charge in [-0.3, -0.25) is 4.79 Å². The summed E-state index contributed by atoms with van der Waals surface area (Å²) in [5, 5.41) is 7.23. The number of para-hydroxylation sites is 1. The Balaban J connectivity index is 1.37. The largest absolute Gasteiger partial charge is 0.464 e. The Morgan fingerprint density at radius 1 is 1.25 bits per heavy atom. The zero-order chi connectivity index (χ0) is 25.2.